The van der Waals surface area contributed by atoms with Gasteiger partial charge in [-0.15, -0.1) is 0 Å². The molecule has 1 aliphatic heterocycles. The highest BCUT2D eigenvalue weighted by molar-refractivity contribution is 5.02. The van der Waals surface area contributed by atoms with Crippen molar-refractivity contribution >= 4 is 0 Å². The van der Waals surface area contributed by atoms with Crippen LogP contribution in [0.3, 0.4) is 0 Å². The molecule has 3 rings (SSSR count). The van der Waals surface area contributed by atoms with E-state index in [4.69, 9.17) is 10.8 Å². The molecule has 0 radical (unpaired) electrons. The number of aromatic nitrogens is 2. The molecular weight excluding hydrogens is 248 g/mol. The maximum Gasteiger partial charge on any atom is 0.0765 e. The van der Waals surface area contributed by atoms with E-state index in [1.54, 1.807) is 0 Å². The van der Waals surface area contributed by atoms with Gasteiger partial charge in [-0.2, -0.15) is 5.10 Å². The molecule has 20 heavy (non-hydrogen) atoms. The van der Waals surface area contributed by atoms with E-state index in [1.807, 2.05) is 0 Å². The van der Waals surface area contributed by atoms with Crippen molar-refractivity contribution in [1.82, 2.24) is 14.7 Å². The summed E-state index contributed by atoms with van der Waals surface area (Å²) in [5.74, 6) is 0. The van der Waals surface area contributed by atoms with Crippen molar-refractivity contribution < 1.29 is 0 Å². The summed E-state index contributed by atoms with van der Waals surface area (Å²) in [6.07, 6.45) is 11.3. The maximum absolute atomic E-state index is 5.95. The molecule has 2 atom stereocenters. The first-order valence-corrected chi connectivity index (χ1v) is 8.28. The quantitative estimate of drug-likeness (QED) is 0.919. The first kappa shape index (κ1) is 14.1. The van der Waals surface area contributed by atoms with Crippen LogP contribution in [0.2, 0.25) is 0 Å². The molecule has 0 amide bonds. The number of likely N-dealkylation sites (tertiary alicyclic amines) is 1. The Bertz CT molecular complexity index is 422. The van der Waals surface area contributed by atoms with E-state index >= 15 is 0 Å². The molecule has 4 heteroatoms. The molecular formula is C16H28N4. The zero-order valence-electron chi connectivity index (χ0n) is 12.7. The van der Waals surface area contributed by atoms with Gasteiger partial charge in [-0.05, 0) is 38.7 Å². The molecule has 0 bridgehead atoms. The number of piperidine rings is 1. The Kier molecular flexibility index (Phi) is 4.41. The standard InChI is InChI=1S/C16H28N4/c1-13-5-4-8-16(11-17)19(13)12-14-9-10-20(18-14)15-6-2-3-7-15/h9-10,13,15-16H,2-8,11-12,17H2,1H3. The normalized spacial score (nSPS) is 29.1. The molecule has 2 unspecified atom stereocenters. The van der Waals surface area contributed by atoms with Crippen LogP contribution in [0.15, 0.2) is 12.3 Å². The fourth-order valence-electron chi connectivity index (χ4n) is 3.90. The van der Waals surface area contributed by atoms with Crippen LogP contribution in [0.25, 0.3) is 0 Å². The summed E-state index contributed by atoms with van der Waals surface area (Å²) in [6.45, 7) is 4.06. The Morgan fingerprint density at radius 1 is 1.20 bits per heavy atom. The molecule has 1 saturated heterocycles. The predicted molar refractivity (Wildman–Crippen MR) is 81.4 cm³/mol. The number of nitrogens with two attached hydrogens (primary N) is 1. The van der Waals surface area contributed by atoms with Gasteiger partial charge in [0.1, 0.15) is 0 Å². The molecule has 2 fully saturated rings. The van der Waals surface area contributed by atoms with E-state index in [2.05, 4.69) is 28.8 Å². The Morgan fingerprint density at radius 2 is 2.00 bits per heavy atom. The molecule has 1 saturated carbocycles. The van der Waals surface area contributed by atoms with E-state index in [0.717, 1.165) is 13.1 Å². The van der Waals surface area contributed by atoms with E-state index in [1.165, 1.54) is 50.6 Å². The van der Waals surface area contributed by atoms with Gasteiger partial charge in [-0.25, -0.2) is 0 Å². The largest absolute Gasteiger partial charge is 0.329 e. The lowest BCUT2D eigenvalue weighted by Gasteiger charge is -2.39. The van der Waals surface area contributed by atoms with Gasteiger partial charge >= 0.3 is 0 Å². The fourth-order valence-corrected chi connectivity index (χ4v) is 3.90. The average molecular weight is 276 g/mol. The predicted octanol–water partition coefficient (Wildman–Crippen LogP) is 2.70. The van der Waals surface area contributed by atoms with Gasteiger partial charge in [0, 0.05) is 31.4 Å². The minimum absolute atomic E-state index is 0.537. The van der Waals surface area contributed by atoms with Gasteiger partial charge in [-0.1, -0.05) is 19.3 Å². The molecule has 2 N–H and O–H groups in total. The van der Waals surface area contributed by atoms with Crippen molar-refractivity contribution in [2.45, 2.75) is 76.5 Å². The summed E-state index contributed by atoms with van der Waals surface area (Å²) in [6, 6.07) is 4.02. The van der Waals surface area contributed by atoms with Crippen LogP contribution in [0.4, 0.5) is 0 Å². The second-order valence-electron chi connectivity index (χ2n) is 6.57. The summed E-state index contributed by atoms with van der Waals surface area (Å²) in [5.41, 5.74) is 7.16. The van der Waals surface area contributed by atoms with Gasteiger partial charge < -0.3 is 5.73 Å². The second-order valence-corrected chi connectivity index (χ2v) is 6.57. The van der Waals surface area contributed by atoms with Gasteiger partial charge in [-0.3, -0.25) is 9.58 Å². The molecule has 0 aromatic carbocycles. The Morgan fingerprint density at radius 3 is 2.75 bits per heavy atom. The van der Waals surface area contributed by atoms with Gasteiger partial charge in [0.25, 0.3) is 0 Å². The molecule has 2 heterocycles. The van der Waals surface area contributed by atoms with E-state index in [-0.39, 0.29) is 0 Å². The molecule has 0 spiro atoms. The van der Waals surface area contributed by atoms with Crippen LogP contribution in [-0.2, 0) is 6.54 Å². The highest BCUT2D eigenvalue weighted by atomic mass is 15.3. The Balaban J connectivity index is 1.66. The topological polar surface area (TPSA) is 47.1 Å². The van der Waals surface area contributed by atoms with E-state index in [0.29, 0.717) is 18.1 Å². The van der Waals surface area contributed by atoms with Crippen molar-refractivity contribution in [3.05, 3.63) is 18.0 Å². The smallest absolute Gasteiger partial charge is 0.0765 e. The average Bonchev–Trinajstić information content (AvgIpc) is 3.11. The monoisotopic (exact) mass is 276 g/mol. The number of rotatable bonds is 4. The van der Waals surface area contributed by atoms with Crippen LogP contribution in [0, 0.1) is 0 Å². The zero-order chi connectivity index (χ0) is 13.9. The number of nitrogens with zero attached hydrogens (tertiary/aromatic N) is 3. The third kappa shape index (κ3) is 2.91. The fraction of sp³-hybridized carbons (Fsp3) is 0.812. The molecule has 2 aliphatic rings. The van der Waals surface area contributed by atoms with Crippen molar-refractivity contribution in [3.63, 3.8) is 0 Å². The van der Waals surface area contributed by atoms with Crippen molar-refractivity contribution in [1.29, 1.82) is 0 Å². The SMILES string of the molecule is CC1CCCC(CN)N1Cc1ccn(C2CCCC2)n1. The van der Waals surface area contributed by atoms with Crippen LogP contribution < -0.4 is 5.73 Å². The third-order valence-corrected chi connectivity index (χ3v) is 5.17. The van der Waals surface area contributed by atoms with Crippen molar-refractivity contribution in [2.24, 2.45) is 5.73 Å². The highest BCUT2D eigenvalue weighted by Crippen LogP contribution is 2.29. The second kappa shape index (κ2) is 6.27. The Hall–Kier alpha value is -0.870. The van der Waals surface area contributed by atoms with Crippen molar-refractivity contribution in [3.8, 4) is 0 Å². The number of hydrogen-bond acceptors (Lipinski definition) is 3. The minimum atomic E-state index is 0.537. The lowest BCUT2D eigenvalue weighted by atomic mass is 9.96. The molecule has 4 nitrogen and oxygen atoms in total. The van der Waals surface area contributed by atoms with Gasteiger partial charge in [0.15, 0.2) is 0 Å². The van der Waals surface area contributed by atoms with Crippen molar-refractivity contribution in [2.75, 3.05) is 6.54 Å². The van der Waals surface area contributed by atoms with Crippen LogP contribution >= 0.6 is 0 Å². The minimum Gasteiger partial charge on any atom is -0.329 e. The maximum atomic E-state index is 5.95. The summed E-state index contributed by atoms with van der Waals surface area (Å²) in [5, 5.41) is 4.82. The third-order valence-electron chi connectivity index (χ3n) is 5.17. The summed E-state index contributed by atoms with van der Waals surface area (Å²) in [4.78, 5) is 2.56. The molecule has 1 aromatic rings. The molecule has 1 aliphatic carbocycles. The van der Waals surface area contributed by atoms with E-state index in [9.17, 15) is 0 Å². The van der Waals surface area contributed by atoms with E-state index < -0.39 is 0 Å². The van der Waals surface area contributed by atoms with Crippen LogP contribution in [0.1, 0.15) is 63.6 Å². The van der Waals surface area contributed by atoms with Crippen LogP contribution in [-0.4, -0.2) is 33.3 Å². The summed E-state index contributed by atoms with van der Waals surface area (Å²) < 4.78 is 2.20. The number of hydrogen-bond donors (Lipinski definition) is 1. The summed E-state index contributed by atoms with van der Waals surface area (Å²) in [7, 11) is 0. The summed E-state index contributed by atoms with van der Waals surface area (Å²) >= 11 is 0. The van der Waals surface area contributed by atoms with Gasteiger partial charge in [0.05, 0.1) is 11.7 Å². The Labute approximate surface area is 122 Å². The zero-order valence-corrected chi connectivity index (χ0v) is 12.7. The van der Waals surface area contributed by atoms with Gasteiger partial charge in [0.2, 0.25) is 0 Å². The molecule has 112 valence electrons. The first-order valence-electron chi connectivity index (χ1n) is 8.28. The molecule has 1 aromatic heterocycles. The lowest BCUT2D eigenvalue weighted by molar-refractivity contribution is 0.0875. The highest BCUT2D eigenvalue weighted by Gasteiger charge is 2.27. The lowest BCUT2D eigenvalue weighted by Crippen LogP contribution is -2.48. The first-order chi connectivity index (χ1) is 9.78. The van der Waals surface area contributed by atoms with Crippen LogP contribution in [0.5, 0.6) is 0 Å².